The number of carbonyl (C=O) groups is 3. The number of unbranched alkanes of at least 4 members (excludes halogenated alkanes) is 2. The van der Waals surface area contributed by atoms with Crippen LogP contribution in [-0.2, 0) is 28.6 Å². The van der Waals surface area contributed by atoms with Gasteiger partial charge in [-0.3, -0.25) is 14.4 Å². The monoisotopic (exact) mass is 2000 g/mol. The van der Waals surface area contributed by atoms with Gasteiger partial charge in [0.15, 0.2) is 24.4 Å². The zero-order valence-corrected chi connectivity index (χ0v) is 97.2. The van der Waals surface area contributed by atoms with Crippen molar-refractivity contribution in [3.63, 3.8) is 0 Å². The van der Waals surface area contributed by atoms with Crippen LogP contribution in [-0.4, -0.2) is 129 Å². The van der Waals surface area contributed by atoms with E-state index in [0.29, 0.717) is 19.8 Å². The molecule has 3 aliphatic carbocycles. The lowest BCUT2D eigenvalue weighted by molar-refractivity contribution is -0.519. The van der Waals surface area contributed by atoms with Crippen LogP contribution in [0.1, 0.15) is 335 Å². The van der Waals surface area contributed by atoms with Gasteiger partial charge in [0.1, 0.15) is 20.2 Å². The Balaban J connectivity index is 0.000000212. The molecule has 5 atom stereocenters. The largest absolute Gasteiger partial charge is 0.465 e. The number of likely N-dealkylation sites (N-methyl/N-ethyl adjacent to an activating group) is 1. The summed E-state index contributed by atoms with van der Waals surface area (Å²) in [5.41, 5.74) is 32.0. The number of fused-ring (bicyclic) bond motifs is 2. The van der Waals surface area contributed by atoms with E-state index in [2.05, 4.69) is 506 Å². The molecule has 12 nitrogen and oxygen atoms in total. The van der Waals surface area contributed by atoms with Crippen molar-refractivity contribution in [3.05, 3.63) is 338 Å². The summed E-state index contributed by atoms with van der Waals surface area (Å²) in [6.45, 7) is 77.8. The molecule has 0 spiro atoms. The summed E-state index contributed by atoms with van der Waals surface area (Å²) in [5.74, 6) is -0.247. The van der Waals surface area contributed by atoms with Crippen molar-refractivity contribution in [1.82, 2.24) is 0 Å². The first kappa shape index (κ1) is 117. The number of anilines is 3. The topological polar surface area (TPSA) is 109 Å². The number of rotatable bonds is 33. The second-order valence-electron chi connectivity index (χ2n) is 49.5. The van der Waals surface area contributed by atoms with Crippen molar-refractivity contribution < 1.29 is 42.7 Å². The molecule has 1 aliphatic heterocycles. The van der Waals surface area contributed by atoms with Crippen LogP contribution in [0.15, 0.2) is 254 Å². The van der Waals surface area contributed by atoms with Crippen molar-refractivity contribution in [2.24, 2.45) is 48.7 Å². The highest BCUT2D eigenvalue weighted by molar-refractivity contribution is 6.38. The summed E-state index contributed by atoms with van der Waals surface area (Å²) in [6, 6.07) is 78.2. The summed E-state index contributed by atoms with van der Waals surface area (Å²) in [5, 5.41) is 0. The molecule has 1 saturated carbocycles. The Bertz CT molecular complexity index is 6330. The molecule has 790 valence electrons. The number of hydrogen-bond acceptors (Lipinski definition) is 9. The van der Waals surface area contributed by atoms with Crippen LogP contribution >= 0.6 is 0 Å². The fourth-order valence-electron chi connectivity index (χ4n) is 22.1. The zero-order chi connectivity index (χ0) is 108. The maximum atomic E-state index is 14.1. The van der Waals surface area contributed by atoms with E-state index in [9.17, 15) is 14.4 Å². The highest BCUT2D eigenvalue weighted by atomic mass is 16.5. The average Bonchev–Trinajstić information content (AvgIpc) is 1.54. The molecule has 13 rings (SSSR count). The molecule has 148 heavy (non-hydrogen) atoms. The molecular formula is C136H183N6O6+3. The minimum atomic E-state index is -0.590. The Hall–Kier alpha value is -11.8. The molecule has 0 bridgehead atoms. The quantitative estimate of drug-likeness (QED) is 0.0186. The Labute approximate surface area is 894 Å². The Kier molecular flexibility index (Phi) is 39.2. The zero-order valence-electron chi connectivity index (χ0n) is 97.2. The minimum absolute atomic E-state index is 0.00772. The van der Waals surface area contributed by atoms with Gasteiger partial charge in [0.25, 0.3) is 0 Å². The normalized spacial score (nSPS) is 17.0. The van der Waals surface area contributed by atoms with Gasteiger partial charge < -0.3 is 28.9 Å². The van der Waals surface area contributed by atoms with Gasteiger partial charge in [-0.15, -0.1) is 0 Å². The van der Waals surface area contributed by atoms with Crippen molar-refractivity contribution in [2.75, 3.05) is 87.3 Å². The van der Waals surface area contributed by atoms with Crippen LogP contribution < -0.4 is 19.7 Å². The van der Waals surface area contributed by atoms with E-state index in [-0.39, 0.29) is 62.5 Å². The van der Waals surface area contributed by atoms with Gasteiger partial charge in [-0.1, -0.05) is 287 Å². The lowest BCUT2D eigenvalue weighted by Gasteiger charge is -2.44. The lowest BCUT2D eigenvalue weighted by atomic mass is 9.61. The maximum absolute atomic E-state index is 14.1. The number of para-hydroxylation sites is 1. The molecule has 0 amide bonds. The first-order chi connectivity index (χ1) is 69.7. The average molecular weight is 2000 g/mol. The molecule has 9 aromatic carbocycles. The highest BCUT2D eigenvalue weighted by Crippen LogP contribution is 2.53. The third-order valence-electron chi connectivity index (χ3n) is 31.8. The SMILES string of the molecule is CCN(CC)c1ccc(C(=C2C(c3ccccc3)=[N+](CCCCCOC(=O)C(C)(CC(C)(C)C)C(C)(C)C)c3ccccc32)c2ccc(C)cc2)cc1.CCN(CC)c1ccc(C(=C2C=CC(=[N+](C)CCOC(=O)C(C)(CC(C)(C)C)C(C)(C)C)C=C2)c2ccc(C)cc2C)c(C)c1.CCN(CC)c1ccc(C(=C2C=CC(=[NH+]C3CCCCC3OC(=O)C(C)(CC(C)(C)C)C(C)(C)C)c3ccccc32)c2ccc(C)cc2)cc1. The summed E-state index contributed by atoms with van der Waals surface area (Å²) < 4.78 is 23.2. The number of hydrogen-bond donors (Lipinski definition) is 1. The molecule has 5 unspecified atom stereocenters. The summed E-state index contributed by atoms with van der Waals surface area (Å²) >= 11 is 0. The molecule has 1 fully saturated rings. The summed E-state index contributed by atoms with van der Waals surface area (Å²) in [4.78, 5) is 52.2. The molecule has 9 aromatic rings. The smallest absolute Gasteiger partial charge is 0.312 e. The molecule has 4 aliphatic rings. The lowest BCUT2D eigenvalue weighted by Crippen LogP contribution is -2.83. The number of esters is 3. The number of nitrogens with zero attached hydrogens (tertiary/aromatic N) is 5. The van der Waals surface area contributed by atoms with Crippen molar-refractivity contribution >= 4 is 85.7 Å². The standard InChI is InChI=1S/C49H63N2O2.C46H60N2O2.C41H59N2O2/c1-11-50(12-2)40-31-29-38(30-32-40)43(37-27-25-36(3)26-28-37)44-41-23-17-18-24-42(41)51(45(44)39-21-15-13-16-22-39)33-19-14-20-34-53-46(52)49(10,48(7,8)9)35-47(4,5)6;1-11-48(12-2)35-27-25-34(26-28-35)42(33-23-21-32(3)22-24-33)38-29-30-39(37-18-14-13-17-36(37)38)47-40-19-15-16-20-41(40)50-43(49)46(10,45(7,8)9)31-44(4,5)6;1-14-43(15-2)34-21-23-36(31(5)27-34)37(35-22-16-29(3)26-30(35)4)32-17-19-33(20-18-32)42(13)24-25-45-38(44)41(12,40(9,10)11)28-39(6,7)8/h13,15-18,21-32H,11-12,14,19-20,33-35H2,1-10H3;13-14,17-18,21-30,40-41H,11-12,15-16,19-20,31H2,1-10H3;16-23,26-27H,14-15,24-25,28H2,1-13H3/q+1;;+1/p+1. The van der Waals surface area contributed by atoms with Crippen LogP contribution in [0, 0.1) is 83.4 Å². The Morgan fingerprint density at radius 3 is 1.28 bits per heavy atom. The van der Waals surface area contributed by atoms with Crippen LogP contribution in [0.2, 0.25) is 0 Å². The number of allylic oxidation sites excluding steroid dienone is 9. The molecule has 1 heterocycles. The number of carbonyl (C=O) groups excluding carboxylic acids is 3. The van der Waals surface area contributed by atoms with Crippen molar-refractivity contribution in [1.29, 1.82) is 0 Å². The Morgan fingerprint density at radius 1 is 0.392 bits per heavy atom. The minimum Gasteiger partial charge on any atom is -0.465 e. The number of aryl methyl sites for hydroxylation is 5. The fraction of sp³-hybridized carbons (Fsp3) is 0.471. The third-order valence-corrected chi connectivity index (χ3v) is 31.8. The fourth-order valence-corrected chi connectivity index (χ4v) is 22.1. The second kappa shape index (κ2) is 49.8. The number of nitrogens with one attached hydrogen (secondary N) is 1. The first-order valence-corrected chi connectivity index (χ1v) is 55.5. The van der Waals surface area contributed by atoms with Crippen molar-refractivity contribution in [2.45, 2.75) is 298 Å². The van der Waals surface area contributed by atoms with E-state index in [1.54, 1.807) is 0 Å². The van der Waals surface area contributed by atoms with E-state index in [1.165, 1.54) is 145 Å². The number of ether oxygens (including phenoxy) is 3. The van der Waals surface area contributed by atoms with E-state index in [1.807, 2.05) is 0 Å². The number of benzene rings is 9. The van der Waals surface area contributed by atoms with Crippen LogP contribution in [0.3, 0.4) is 0 Å². The van der Waals surface area contributed by atoms with Crippen LogP contribution in [0.25, 0.3) is 27.9 Å². The molecular weight excluding hydrogens is 1810 g/mol. The predicted octanol–water partition coefficient (Wildman–Crippen LogP) is 31.2. The van der Waals surface area contributed by atoms with Gasteiger partial charge in [-0.2, -0.15) is 4.58 Å². The molecule has 0 aromatic heterocycles. The maximum Gasteiger partial charge on any atom is 0.312 e. The summed E-state index contributed by atoms with van der Waals surface area (Å²) in [7, 11) is 2.06. The van der Waals surface area contributed by atoms with Crippen LogP contribution in [0.5, 0.6) is 0 Å². The van der Waals surface area contributed by atoms with Gasteiger partial charge in [0.2, 0.25) is 17.1 Å². The molecule has 1 N–H and O–H groups in total. The van der Waals surface area contributed by atoms with Crippen LogP contribution in [0.4, 0.5) is 22.7 Å². The van der Waals surface area contributed by atoms with E-state index in [0.717, 1.165) is 121 Å². The van der Waals surface area contributed by atoms with E-state index in [4.69, 9.17) is 14.2 Å². The van der Waals surface area contributed by atoms with Gasteiger partial charge in [-0.05, 0) is 332 Å². The predicted molar refractivity (Wildman–Crippen MR) is 630 cm³/mol. The molecule has 0 radical (unpaired) electrons. The van der Waals surface area contributed by atoms with Gasteiger partial charge in [-0.25, -0.2) is 9.57 Å². The van der Waals surface area contributed by atoms with E-state index < -0.39 is 16.2 Å². The van der Waals surface area contributed by atoms with Gasteiger partial charge in [0, 0.05) is 105 Å². The highest BCUT2D eigenvalue weighted by Gasteiger charge is 2.52. The third kappa shape index (κ3) is 28.7. The summed E-state index contributed by atoms with van der Waals surface area (Å²) in [6.07, 6.45) is 22.3. The first-order valence-electron chi connectivity index (χ1n) is 55.5. The van der Waals surface area contributed by atoms with Gasteiger partial charge in [0.05, 0.1) is 39.6 Å². The van der Waals surface area contributed by atoms with E-state index >= 15 is 0 Å². The molecule has 12 heteroatoms. The second-order valence-corrected chi connectivity index (χ2v) is 49.5. The van der Waals surface area contributed by atoms with Crippen molar-refractivity contribution in [3.8, 4) is 0 Å². The Morgan fingerprint density at radius 2 is 0.804 bits per heavy atom. The van der Waals surface area contributed by atoms with Gasteiger partial charge >= 0.3 is 17.9 Å². The molecule has 0 saturated heterocycles.